The molecular weight excluding hydrogens is 162 g/mol. The molecule has 0 fully saturated rings. The molecule has 0 unspecified atom stereocenters. The molecule has 6 heteroatoms. The highest BCUT2D eigenvalue weighted by molar-refractivity contribution is 5.66. The first kappa shape index (κ1) is 8.25. The van der Waals surface area contributed by atoms with E-state index in [1.165, 1.54) is 17.0 Å². The van der Waals surface area contributed by atoms with Gasteiger partial charge in [-0.25, -0.2) is 4.98 Å². The largest absolute Gasteiger partial charge is 0.480 e. The van der Waals surface area contributed by atoms with Gasteiger partial charge in [0.15, 0.2) is 0 Å². The first-order valence-corrected chi connectivity index (χ1v) is 3.15. The van der Waals surface area contributed by atoms with Crippen molar-refractivity contribution in [1.82, 2.24) is 9.55 Å². The maximum Gasteiger partial charge on any atom is 0.323 e. The molecule has 2 N–H and O–H groups in total. The number of hydrogen-bond donors (Lipinski definition) is 2. The summed E-state index contributed by atoms with van der Waals surface area (Å²) in [5.74, 6) is -1.02. The van der Waals surface area contributed by atoms with Crippen LogP contribution in [0.2, 0.25) is 0 Å². The molecule has 1 aromatic heterocycles. The first-order chi connectivity index (χ1) is 5.74. The zero-order valence-electron chi connectivity index (χ0n) is 6.08. The van der Waals surface area contributed by atoms with Crippen molar-refractivity contribution in [3.8, 4) is 0 Å². The Kier molecular flexibility index (Phi) is 2.42. The molecule has 1 aromatic rings. The number of nitrogens with zero attached hydrogens (tertiary/aromatic N) is 3. The highest BCUT2D eigenvalue weighted by atomic mass is 16.4. The lowest BCUT2D eigenvalue weighted by molar-refractivity contribution is -0.137. The van der Waals surface area contributed by atoms with E-state index in [9.17, 15) is 4.79 Å². The van der Waals surface area contributed by atoms with Crippen molar-refractivity contribution in [2.75, 3.05) is 0 Å². The van der Waals surface area contributed by atoms with E-state index in [4.69, 9.17) is 10.3 Å². The van der Waals surface area contributed by atoms with E-state index >= 15 is 0 Å². The monoisotopic (exact) mass is 169 g/mol. The molecule has 0 spiro atoms. The molecular formula is C6H7N3O3. The second-order valence-electron chi connectivity index (χ2n) is 2.04. The number of rotatable bonds is 2. The van der Waals surface area contributed by atoms with Gasteiger partial charge in [-0.1, -0.05) is 0 Å². The molecule has 0 bridgehead atoms. The van der Waals surface area contributed by atoms with Crippen LogP contribution in [-0.4, -0.2) is 25.8 Å². The topological polar surface area (TPSA) is 87.7 Å². The SMILES string of the molecule is O=C(O)Cn1cccnc1=NO. The Labute approximate surface area is 67.4 Å². The highest BCUT2D eigenvalue weighted by Gasteiger charge is 1.99. The molecule has 0 amide bonds. The van der Waals surface area contributed by atoms with E-state index in [1.807, 2.05) is 0 Å². The van der Waals surface area contributed by atoms with Crippen molar-refractivity contribution in [3.05, 3.63) is 24.1 Å². The van der Waals surface area contributed by atoms with E-state index in [2.05, 4.69) is 10.1 Å². The van der Waals surface area contributed by atoms with Gasteiger partial charge in [-0.15, -0.1) is 0 Å². The minimum Gasteiger partial charge on any atom is -0.480 e. The predicted octanol–water partition coefficient (Wildman–Crippen LogP) is -0.742. The standard InChI is InChI=1S/C6H7N3O3/c10-5(11)4-9-3-1-2-7-6(9)8-12/h1-3,12H,4H2,(H,10,11). The number of aliphatic carboxylic acids is 1. The van der Waals surface area contributed by atoms with E-state index in [1.54, 1.807) is 6.07 Å². The quantitative estimate of drug-likeness (QED) is 0.450. The van der Waals surface area contributed by atoms with Crippen LogP contribution < -0.4 is 5.62 Å². The Bertz CT molecular complexity index is 344. The Morgan fingerprint density at radius 3 is 3.08 bits per heavy atom. The minimum absolute atomic E-state index is 0.0279. The van der Waals surface area contributed by atoms with Crippen molar-refractivity contribution in [2.45, 2.75) is 6.54 Å². The van der Waals surface area contributed by atoms with Crippen LogP contribution in [0.1, 0.15) is 0 Å². The number of carboxylic acids is 1. The molecule has 0 aromatic carbocycles. The summed E-state index contributed by atoms with van der Waals surface area (Å²) in [6.45, 7) is -0.271. The molecule has 0 aliphatic carbocycles. The third kappa shape index (κ3) is 1.82. The van der Waals surface area contributed by atoms with Crippen LogP contribution >= 0.6 is 0 Å². The van der Waals surface area contributed by atoms with Gasteiger partial charge in [-0.2, -0.15) is 0 Å². The summed E-state index contributed by atoms with van der Waals surface area (Å²) in [4.78, 5) is 13.9. The van der Waals surface area contributed by atoms with E-state index in [-0.39, 0.29) is 12.2 Å². The van der Waals surface area contributed by atoms with Crippen LogP contribution in [-0.2, 0) is 11.3 Å². The minimum atomic E-state index is -1.02. The number of carboxylic acid groups (broad SMARTS) is 1. The van der Waals surface area contributed by atoms with Gasteiger partial charge in [0.2, 0.25) is 0 Å². The second kappa shape index (κ2) is 3.51. The van der Waals surface area contributed by atoms with Crippen molar-refractivity contribution in [3.63, 3.8) is 0 Å². The summed E-state index contributed by atoms with van der Waals surface area (Å²) in [6.07, 6.45) is 2.88. The summed E-state index contributed by atoms with van der Waals surface area (Å²) in [7, 11) is 0. The van der Waals surface area contributed by atoms with E-state index in [0.717, 1.165) is 0 Å². The lowest BCUT2D eigenvalue weighted by Gasteiger charge is -1.99. The molecule has 0 saturated heterocycles. The predicted molar refractivity (Wildman–Crippen MR) is 37.2 cm³/mol. The summed E-state index contributed by atoms with van der Waals surface area (Å²) in [5, 5.41) is 19.6. The van der Waals surface area contributed by atoms with Crippen LogP contribution in [0.3, 0.4) is 0 Å². The van der Waals surface area contributed by atoms with Crippen LogP contribution in [0.15, 0.2) is 23.6 Å². The number of hydrogen-bond acceptors (Lipinski definition) is 4. The van der Waals surface area contributed by atoms with Crippen molar-refractivity contribution in [2.24, 2.45) is 5.16 Å². The third-order valence-electron chi connectivity index (χ3n) is 1.19. The maximum atomic E-state index is 10.3. The molecule has 0 saturated carbocycles. The molecule has 12 heavy (non-hydrogen) atoms. The third-order valence-corrected chi connectivity index (χ3v) is 1.19. The van der Waals surface area contributed by atoms with Gasteiger partial charge in [-0.05, 0) is 11.2 Å². The molecule has 64 valence electrons. The number of aromatic nitrogens is 2. The maximum absolute atomic E-state index is 10.3. The lowest BCUT2D eigenvalue weighted by atomic mass is 10.6. The second-order valence-corrected chi connectivity index (χ2v) is 2.04. The van der Waals surface area contributed by atoms with E-state index < -0.39 is 5.97 Å². The van der Waals surface area contributed by atoms with Gasteiger partial charge < -0.3 is 14.9 Å². The Morgan fingerprint density at radius 1 is 1.75 bits per heavy atom. The summed E-state index contributed by atoms with van der Waals surface area (Å²) < 4.78 is 1.21. The fourth-order valence-corrected chi connectivity index (χ4v) is 0.745. The van der Waals surface area contributed by atoms with Crippen molar-refractivity contribution < 1.29 is 15.1 Å². The Morgan fingerprint density at radius 2 is 2.50 bits per heavy atom. The molecule has 0 aliphatic rings. The van der Waals surface area contributed by atoms with E-state index in [0.29, 0.717) is 0 Å². The van der Waals surface area contributed by atoms with Gasteiger partial charge in [0.1, 0.15) is 6.54 Å². The van der Waals surface area contributed by atoms with Crippen LogP contribution in [0.5, 0.6) is 0 Å². The normalized spacial score (nSPS) is 11.5. The fourth-order valence-electron chi connectivity index (χ4n) is 0.745. The average Bonchev–Trinajstić information content (AvgIpc) is 2.04. The van der Waals surface area contributed by atoms with Gasteiger partial charge in [0.25, 0.3) is 5.62 Å². The summed E-state index contributed by atoms with van der Waals surface area (Å²) in [5.41, 5.74) is -0.0279. The fraction of sp³-hybridized carbons (Fsp3) is 0.167. The number of carbonyl (C=O) groups is 1. The van der Waals surface area contributed by atoms with Crippen LogP contribution in [0.25, 0.3) is 0 Å². The summed E-state index contributed by atoms with van der Waals surface area (Å²) >= 11 is 0. The zero-order chi connectivity index (χ0) is 8.97. The smallest absolute Gasteiger partial charge is 0.323 e. The Hall–Kier alpha value is -1.85. The molecule has 1 heterocycles. The van der Waals surface area contributed by atoms with Crippen LogP contribution in [0.4, 0.5) is 0 Å². The van der Waals surface area contributed by atoms with Crippen LogP contribution in [0, 0.1) is 0 Å². The summed E-state index contributed by atoms with van der Waals surface area (Å²) in [6, 6.07) is 1.55. The van der Waals surface area contributed by atoms with Crippen molar-refractivity contribution >= 4 is 5.97 Å². The average molecular weight is 169 g/mol. The van der Waals surface area contributed by atoms with Gasteiger partial charge in [0, 0.05) is 12.4 Å². The van der Waals surface area contributed by atoms with Gasteiger partial charge >= 0.3 is 5.97 Å². The van der Waals surface area contributed by atoms with Crippen molar-refractivity contribution in [1.29, 1.82) is 0 Å². The highest BCUT2D eigenvalue weighted by Crippen LogP contribution is 1.79. The zero-order valence-corrected chi connectivity index (χ0v) is 6.08. The molecule has 0 aliphatic heterocycles. The molecule has 6 nitrogen and oxygen atoms in total. The molecule has 1 rings (SSSR count). The Balaban J connectivity index is 3.06. The molecule has 0 atom stereocenters. The first-order valence-electron chi connectivity index (χ1n) is 3.15. The van der Waals surface area contributed by atoms with Gasteiger partial charge in [0.05, 0.1) is 0 Å². The lowest BCUT2D eigenvalue weighted by Crippen LogP contribution is -2.26. The van der Waals surface area contributed by atoms with Gasteiger partial charge in [-0.3, -0.25) is 4.79 Å². The molecule has 0 radical (unpaired) electrons.